The molecule has 15 heavy (non-hydrogen) atoms. The number of halogens is 4. The van der Waals surface area contributed by atoms with Gasteiger partial charge in [-0.15, -0.1) is 0 Å². The van der Waals surface area contributed by atoms with Crippen molar-refractivity contribution in [3.8, 4) is 0 Å². The zero-order valence-electron chi connectivity index (χ0n) is 7.18. The van der Waals surface area contributed by atoms with Crippen LogP contribution >= 0.6 is 23.2 Å². The summed E-state index contributed by atoms with van der Waals surface area (Å²) in [4.78, 5) is 13.9. The maximum absolute atomic E-state index is 12.5. The van der Waals surface area contributed by atoms with E-state index in [9.17, 15) is 13.6 Å². The molecule has 1 rings (SSSR count). The van der Waals surface area contributed by atoms with Crippen LogP contribution in [-0.4, -0.2) is 16.1 Å². The Morgan fingerprint density at radius 2 is 2.13 bits per heavy atom. The number of rotatable bonds is 3. The first-order chi connectivity index (χ1) is 6.93. The molecule has 1 aromatic rings. The largest absolute Gasteiger partial charge is 0.481 e. The van der Waals surface area contributed by atoms with E-state index in [-0.39, 0.29) is 15.7 Å². The fourth-order valence-corrected chi connectivity index (χ4v) is 1.41. The third kappa shape index (κ3) is 2.76. The molecular weight excluding hydrogens is 251 g/mol. The Bertz CT molecular complexity index is 398. The number of carboxylic acid groups (broad SMARTS) is 1. The Balaban J connectivity index is 3.26. The van der Waals surface area contributed by atoms with Crippen molar-refractivity contribution in [2.75, 3.05) is 0 Å². The zero-order chi connectivity index (χ0) is 11.6. The highest BCUT2D eigenvalue weighted by Gasteiger charge is 2.21. The van der Waals surface area contributed by atoms with Crippen LogP contribution in [0.25, 0.3) is 0 Å². The second-order valence-corrected chi connectivity index (χ2v) is 3.44. The Labute approximate surface area is 93.6 Å². The molecule has 0 aliphatic heterocycles. The van der Waals surface area contributed by atoms with E-state index in [0.717, 1.165) is 6.20 Å². The standard InChI is InChI=1S/C8H5Cl2F2NO2/c9-3-2-13-4(1-5(14)15)6(7(3)10)8(11)12/h2,8H,1H2,(H,14,15). The molecule has 0 saturated carbocycles. The van der Waals surface area contributed by atoms with Gasteiger partial charge in [0.25, 0.3) is 6.43 Å². The van der Waals surface area contributed by atoms with E-state index in [2.05, 4.69) is 4.98 Å². The maximum atomic E-state index is 12.5. The molecule has 0 saturated heterocycles. The highest BCUT2D eigenvalue weighted by Crippen LogP contribution is 2.34. The average Bonchev–Trinajstić information content (AvgIpc) is 2.10. The van der Waals surface area contributed by atoms with E-state index < -0.39 is 24.4 Å². The van der Waals surface area contributed by atoms with Crippen molar-refractivity contribution < 1.29 is 18.7 Å². The van der Waals surface area contributed by atoms with E-state index in [1.807, 2.05) is 0 Å². The van der Waals surface area contributed by atoms with Crippen LogP contribution in [0.15, 0.2) is 6.20 Å². The molecule has 0 aliphatic carbocycles. The Hall–Kier alpha value is -0.940. The first-order valence-corrected chi connectivity index (χ1v) is 4.51. The van der Waals surface area contributed by atoms with Gasteiger partial charge >= 0.3 is 5.97 Å². The summed E-state index contributed by atoms with van der Waals surface area (Å²) >= 11 is 11.0. The highest BCUT2D eigenvalue weighted by atomic mass is 35.5. The van der Waals surface area contributed by atoms with Crippen LogP contribution < -0.4 is 0 Å². The first kappa shape index (κ1) is 12.1. The summed E-state index contributed by atoms with van der Waals surface area (Å²) in [5.41, 5.74) is -0.890. The number of pyridine rings is 1. The van der Waals surface area contributed by atoms with Crippen LogP contribution in [0.1, 0.15) is 17.7 Å². The van der Waals surface area contributed by atoms with Crippen molar-refractivity contribution in [2.45, 2.75) is 12.8 Å². The number of nitrogens with zero attached hydrogens (tertiary/aromatic N) is 1. The summed E-state index contributed by atoms with van der Waals surface area (Å²) in [5.74, 6) is -1.26. The molecule has 0 bridgehead atoms. The van der Waals surface area contributed by atoms with E-state index in [1.54, 1.807) is 0 Å². The fourth-order valence-electron chi connectivity index (χ4n) is 1.02. The molecule has 0 radical (unpaired) electrons. The van der Waals surface area contributed by atoms with Gasteiger partial charge in [-0.2, -0.15) is 0 Å². The number of aliphatic carboxylic acids is 1. The predicted octanol–water partition coefficient (Wildman–Crippen LogP) is 2.95. The molecule has 0 spiro atoms. The van der Waals surface area contributed by atoms with Gasteiger partial charge in [-0.1, -0.05) is 23.2 Å². The van der Waals surface area contributed by atoms with E-state index in [0.29, 0.717) is 0 Å². The van der Waals surface area contributed by atoms with Gasteiger partial charge in [-0.25, -0.2) is 8.78 Å². The minimum atomic E-state index is -2.90. The molecule has 0 atom stereocenters. The van der Waals surface area contributed by atoms with Crippen LogP contribution in [0.4, 0.5) is 8.78 Å². The quantitative estimate of drug-likeness (QED) is 0.904. The molecule has 0 unspecified atom stereocenters. The molecule has 0 aliphatic rings. The lowest BCUT2D eigenvalue weighted by Crippen LogP contribution is -2.07. The second-order valence-electron chi connectivity index (χ2n) is 2.65. The molecule has 1 heterocycles. The molecule has 1 aromatic heterocycles. The molecule has 3 nitrogen and oxygen atoms in total. The van der Waals surface area contributed by atoms with E-state index in [1.165, 1.54) is 0 Å². The molecule has 1 N–H and O–H groups in total. The lowest BCUT2D eigenvalue weighted by atomic mass is 10.1. The Kier molecular flexibility index (Phi) is 3.82. The zero-order valence-corrected chi connectivity index (χ0v) is 8.69. The van der Waals surface area contributed by atoms with Gasteiger partial charge < -0.3 is 5.11 Å². The normalized spacial score (nSPS) is 10.7. The molecule has 0 fully saturated rings. The lowest BCUT2D eigenvalue weighted by molar-refractivity contribution is -0.136. The number of hydrogen-bond acceptors (Lipinski definition) is 2. The molecular formula is C8H5Cl2F2NO2. The SMILES string of the molecule is O=C(O)Cc1ncc(Cl)c(Cl)c1C(F)F. The number of hydrogen-bond donors (Lipinski definition) is 1. The minimum absolute atomic E-state index is 0.124. The molecule has 0 amide bonds. The Morgan fingerprint density at radius 1 is 1.53 bits per heavy atom. The number of alkyl halides is 2. The summed E-state index contributed by atoms with van der Waals surface area (Å²) in [7, 11) is 0. The minimum Gasteiger partial charge on any atom is -0.481 e. The van der Waals surface area contributed by atoms with Crippen molar-refractivity contribution in [2.24, 2.45) is 0 Å². The van der Waals surface area contributed by atoms with Gasteiger partial charge in [0.15, 0.2) is 0 Å². The van der Waals surface area contributed by atoms with Gasteiger partial charge in [0, 0.05) is 6.20 Å². The monoisotopic (exact) mass is 255 g/mol. The van der Waals surface area contributed by atoms with Gasteiger partial charge in [-0.3, -0.25) is 9.78 Å². The van der Waals surface area contributed by atoms with E-state index >= 15 is 0 Å². The molecule has 82 valence electrons. The summed E-state index contributed by atoms with van der Waals surface area (Å²) in [5, 5.41) is 8.00. The first-order valence-electron chi connectivity index (χ1n) is 3.76. The number of carboxylic acids is 1. The van der Waals surface area contributed by atoms with Crippen LogP contribution in [0, 0.1) is 0 Å². The number of carbonyl (C=O) groups is 1. The van der Waals surface area contributed by atoms with Crippen molar-refractivity contribution in [1.29, 1.82) is 0 Å². The highest BCUT2D eigenvalue weighted by molar-refractivity contribution is 6.42. The summed E-state index contributed by atoms with van der Waals surface area (Å²) in [6.45, 7) is 0. The average molecular weight is 256 g/mol. The van der Waals surface area contributed by atoms with Crippen molar-refractivity contribution in [3.63, 3.8) is 0 Å². The smallest absolute Gasteiger partial charge is 0.309 e. The van der Waals surface area contributed by atoms with Crippen molar-refractivity contribution in [3.05, 3.63) is 27.5 Å². The van der Waals surface area contributed by atoms with Crippen LogP contribution in [0.5, 0.6) is 0 Å². The third-order valence-corrected chi connectivity index (χ3v) is 2.42. The van der Waals surface area contributed by atoms with Crippen LogP contribution in [0.2, 0.25) is 10.0 Å². The predicted molar refractivity (Wildman–Crippen MR) is 50.6 cm³/mol. The summed E-state index contributed by atoms with van der Waals surface area (Å²) < 4.78 is 25.1. The van der Waals surface area contributed by atoms with Crippen molar-refractivity contribution >= 4 is 29.2 Å². The van der Waals surface area contributed by atoms with E-state index in [4.69, 9.17) is 28.3 Å². The molecule has 0 aromatic carbocycles. The lowest BCUT2D eigenvalue weighted by Gasteiger charge is -2.08. The van der Waals surface area contributed by atoms with Crippen LogP contribution in [-0.2, 0) is 11.2 Å². The Morgan fingerprint density at radius 3 is 2.60 bits per heavy atom. The van der Waals surface area contributed by atoms with Gasteiger partial charge in [0.2, 0.25) is 0 Å². The maximum Gasteiger partial charge on any atom is 0.309 e. The van der Waals surface area contributed by atoms with Gasteiger partial charge in [0.05, 0.1) is 27.7 Å². The van der Waals surface area contributed by atoms with Crippen LogP contribution in [0.3, 0.4) is 0 Å². The van der Waals surface area contributed by atoms with Gasteiger partial charge in [-0.05, 0) is 0 Å². The molecule has 7 heteroatoms. The van der Waals surface area contributed by atoms with Crippen molar-refractivity contribution in [1.82, 2.24) is 4.98 Å². The number of aromatic nitrogens is 1. The summed E-state index contributed by atoms with van der Waals surface area (Å²) in [6.07, 6.45) is -2.47. The fraction of sp³-hybridized carbons (Fsp3) is 0.250. The summed E-state index contributed by atoms with van der Waals surface area (Å²) in [6, 6.07) is 0. The topological polar surface area (TPSA) is 50.2 Å². The third-order valence-electron chi connectivity index (χ3n) is 1.63. The second kappa shape index (κ2) is 4.72. The van der Waals surface area contributed by atoms with Gasteiger partial charge in [0.1, 0.15) is 0 Å².